The van der Waals surface area contributed by atoms with Crippen LogP contribution in [0.15, 0.2) is 18.7 Å². The molecule has 5 nitrogen and oxygen atoms in total. The third kappa shape index (κ3) is 2.59. The third-order valence-corrected chi connectivity index (χ3v) is 3.48. The minimum Gasteiger partial charge on any atom is -0.388 e. The van der Waals surface area contributed by atoms with Gasteiger partial charge >= 0.3 is 5.69 Å². The average molecular weight is 242 g/mol. The lowest BCUT2D eigenvalue weighted by molar-refractivity contribution is -0.383. The maximum absolute atomic E-state index is 10.8. The molecule has 0 aliphatic rings. The van der Waals surface area contributed by atoms with E-state index in [1.807, 2.05) is 0 Å². The Labute approximate surface area is 97.8 Å². The zero-order valence-corrected chi connectivity index (χ0v) is 10.0. The van der Waals surface area contributed by atoms with Crippen molar-refractivity contribution in [1.29, 1.82) is 0 Å². The molecule has 16 heavy (non-hydrogen) atoms. The van der Waals surface area contributed by atoms with Gasteiger partial charge in [0.05, 0.1) is 11.0 Å². The minimum absolute atomic E-state index is 0.0326. The van der Waals surface area contributed by atoms with E-state index in [9.17, 15) is 15.2 Å². The van der Waals surface area contributed by atoms with Gasteiger partial charge in [-0.05, 0) is 6.92 Å². The van der Waals surface area contributed by atoms with Crippen molar-refractivity contribution in [2.75, 3.05) is 18.5 Å². The Morgan fingerprint density at radius 2 is 2.44 bits per heavy atom. The fourth-order valence-corrected chi connectivity index (χ4v) is 2.31. The molecule has 1 aromatic heterocycles. The molecule has 1 heterocycles. The molecule has 1 N–H and O–H groups in total. The van der Waals surface area contributed by atoms with Crippen molar-refractivity contribution in [3.63, 3.8) is 0 Å². The summed E-state index contributed by atoms with van der Waals surface area (Å²) in [4.78, 5) is 12.7. The van der Waals surface area contributed by atoms with Crippen LogP contribution in [0.3, 0.4) is 0 Å². The van der Waals surface area contributed by atoms with Crippen LogP contribution < -0.4 is 4.90 Å². The molecule has 0 unspecified atom stereocenters. The summed E-state index contributed by atoms with van der Waals surface area (Å²) in [7, 11) is 1.76. The monoisotopic (exact) mass is 242 g/mol. The molecule has 0 fully saturated rings. The Bertz CT molecular complexity index is 401. The van der Waals surface area contributed by atoms with Gasteiger partial charge in [0.1, 0.15) is 0 Å². The number of likely N-dealkylation sites (N-methyl/N-ethyl adjacent to an activating group) is 1. The second-order valence-electron chi connectivity index (χ2n) is 3.44. The van der Waals surface area contributed by atoms with E-state index in [2.05, 4.69) is 6.58 Å². The molecule has 0 aliphatic heterocycles. The van der Waals surface area contributed by atoms with Crippen LogP contribution in [0.25, 0.3) is 0 Å². The van der Waals surface area contributed by atoms with E-state index in [1.165, 1.54) is 17.4 Å². The summed E-state index contributed by atoms with van der Waals surface area (Å²) in [6.07, 6.45) is 0.987. The van der Waals surface area contributed by atoms with Crippen LogP contribution in [-0.4, -0.2) is 23.6 Å². The van der Waals surface area contributed by atoms with Gasteiger partial charge in [0.2, 0.25) is 0 Å². The SMILES string of the molecule is C=CCN(C)c1sc([C@H](C)O)cc1[N+](=O)[O-]. The van der Waals surface area contributed by atoms with Gasteiger partial charge in [-0.3, -0.25) is 10.1 Å². The van der Waals surface area contributed by atoms with Crippen molar-refractivity contribution >= 4 is 22.0 Å². The molecular formula is C10H14N2O3S. The summed E-state index contributed by atoms with van der Waals surface area (Å²) in [5.41, 5.74) is 0.0326. The van der Waals surface area contributed by atoms with Crippen molar-refractivity contribution in [2.24, 2.45) is 0 Å². The summed E-state index contributed by atoms with van der Waals surface area (Å²) < 4.78 is 0. The molecule has 0 bridgehead atoms. The lowest BCUT2D eigenvalue weighted by atomic mass is 10.3. The highest BCUT2D eigenvalue weighted by Crippen LogP contribution is 2.39. The third-order valence-electron chi connectivity index (χ3n) is 2.07. The summed E-state index contributed by atoms with van der Waals surface area (Å²) in [5, 5.41) is 20.8. The Balaban J connectivity index is 3.14. The van der Waals surface area contributed by atoms with Crippen molar-refractivity contribution < 1.29 is 10.0 Å². The van der Waals surface area contributed by atoms with E-state index in [1.54, 1.807) is 24.9 Å². The van der Waals surface area contributed by atoms with Gasteiger partial charge in [-0.2, -0.15) is 0 Å². The van der Waals surface area contributed by atoms with E-state index in [0.29, 0.717) is 16.4 Å². The van der Waals surface area contributed by atoms with Gasteiger partial charge in [0.25, 0.3) is 0 Å². The molecular weight excluding hydrogens is 228 g/mol. The molecule has 0 radical (unpaired) electrons. The predicted octanol–water partition coefficient (Wildman–Crippen LogP) is 2.33. The summed E-state index contributed by atoms with van der Waals surface area (Å²) in [5.74, 6) is 0. The highest BCUT2D eigenvalue weighted by molar-refractivity contribution is 7.16. The fraction of sp³-hybridized carbons (Fsp3) is 0.400. The van der Waals surface area contributed by atoms with E-state index < -0.39 is 11.0 Å². The van der Waals surface area contributed by atoms with E-state index >= 15 is 0 Å². The maximum Gasteiger partial charge on any atom is 0.304 e. The number of anilines is 1. The number of nitrogens with zero attached hydrogens (tertiary/aromatic N) is 2. The van der Waals surface area contributed by atoms with Crippen LogP contribution in [0.4, 0.5) is 10.7 Å². The number of thiophene rings is 1. The molecule has 0 aromatic carbocycles. The number of rotatable bonds is 5. The van der Waals surface area contributed by atoms with E-state index in [4.69, 9.17) is 0 Å². The quantitative estimate of drug-likeness (QED) is 0.489. The van der Waals surface area contributed by atoms with Gasteiger partial charge in [-0.25, -0.2) is 0 Å². The first-order chi connectivity index (χ1) is 7.47. The molecule has 0 aliphatic carbocycles. The summed E-state index contributed by atoms with van der Waals surface area (Å²) in [6.45, 7) is 5.70. The van der Waals surface area contributed by atoms with Gasteiger partial charge in [0, 0.05) is 24.5 Å². The number of hydrogen-bond acceptors (Lipinski definition) is 5. The molecule has 6 heteroatoms. The Kier molecular flexibility index (Phi) is 4.03. The summed E-state index contributed by atoms with van der Waals surface area (Å²) >= 11 is 1.23. The van der Waals surface area contributed by atoms with Crippen molar-refractivity contribution in [1.82, 2.24) is 0 Å². The van der Waals surface area contributed by atoms with Crippen LogP contribution in [0.1, 0.15) is 17.9 Å². The predicted molar refractivity (Wildman–Crippen MR) is 65.1 cm³/mol. The average Bonchev–Trinajstić information content (AvgIpc) is 2.62. The minimum atomic E-state index is -0.686. The number of aliphatic hydroxyl groups is 1. The topological polar surface area (TPSA) is 66.6 Å². The van der Waals surface area contributed by atoms with Gasteiger partial charge < -0.3 is 10.0 Å². The first-order valence-corrected chi connectivity index (χ1v) is 5.57. The highest BCUT2D eigenvalue weighted by Gasteiger charge is 2.23. The zero-order valence-electron chi connectivity index (χ0n) is 9.21. The van der Waals surface area contributed by atoms with Crippen molar-refractivity contribution in [2.45, 2.75) is 13.0 Å². The van der Waals surface area contributed by atoms with Crippen molar-refractivity contribution in [3.05, 3.63) is 33.7 Å². The normalized spacial score (nSPS) is 12.2. The Hall–Kier alpha value is -1.40. The molecule has 0 amide bonds. The largest absolute Gasteiger partial charge is 0.388 e. The lowest BCUT2D eigenvalue weighted by Gasteiger charge is -2.13. The van der Waals surface area contributed by atoms with Crippen LogP contribution >= 0.6 is 11.3 Å². The standard InChI is InChI=1S/C10H14N2O3S/c1-4-5-11(3)10-8(12(14)15)6-9(16-10)7(2)13/h4,6-7,13H,1,5H2,2-3H3/t7-/m0/s1. The van der Waals surface area contributed by atoms with Gasteiger partial charge in [0.15, 0.2) is 5.00 Å². The second kappa shape index (κ2) is 5.09. The lowest BCUT2D eigenvalue weighted by Crippen LogP contribution is -2.16. The zero-order chi connectivity index (χ0) is 12.3. The van der Waals surface area contributed by atoms with Gasteiger partial charge in [-0.1, -0.05) is 6.08 Å². The fourth-order valence-electron chi connectivity index (χ4n) is 1.28. The molecule has 0 saturated carbocycles. The molecule has 1 atom stereocenters. The maximum atomic E-state index is 10.8. The first-order valence-electron chi connectivity index (χ1n) is 4.75. The van der Waals surface area contributed by atoms with Crippen molar-refractivity contribution in [3.8, 4) is 0 Å². The molecule has 0 spiro atoms. The van der Waals surface area contributed by atoms with E-state index in [0.717, 1.165) is 0 Å². The number of aliphatic hydroxyl groups excluding tert-OH is 1. The molecule has 0 saturated heterocycles. The number of nitro groups is 1. The summed E-state index contributed by atoms with van der Waals surface area (Å²) in [6, 6.07) is 1.42. The van der Waals surface area contributed by atoms with Crippen LogP contribution in [-0.2, 0) is 0 Å². The van der Waals surface area contributed by atoms with E-state index in [-0.39, 0.29) is 5.69 Å². The Morgan fingerprint density at radius 3 is 2.88 bits per heavy atom. The molecule has 1 aromatic rings. The van der Waals surface area contributed by atoms with Crippen LogP contribution in [0, 0.1) is 10.1 Å². The first kappa shape index (κ1) is 12.7. The van der Waals surface area contributed by atoms with Crippen LogP contribution in [0.5, 0.6) is 0 Å². The molecule has 88 valence electrons. The number of hydrogen-bond donors (Lipinski definition) is 1. The Morgan fingerprint density at radius 1 is 1.81 bits per heavy atom. The highest BCUT2D eigenvalue weighted by atomic mass is 32.1. The molecule has 1 rings (SSSR count). The van der Waals surface area contributed by atoms with Gasteiger partial charge in [-0.15, -0.1) is 17.9 Å². The second-order valence-corrected chi connectivity index (χ2v) is 4.50. The van der Waals surface area contributed by atoms with Crippen LogP contribution in [0.2, 0.25) is 0 Å². The smallest absolute Gasteiger partial charge is 0.304 e.